The van der Waals surface area contributed by atoms with Crippen LogP contribution in [0, 0.1) is 6.92 Å². The molecule has 2 N–H and O–H groups in total. The minimum atomic E-state index is -0.486. The summed E-state index contributed by atoms with van der Waals surface area (Å²) in [6, 6.07) is 8.53. The lowest BCUT2D eigenvalue weighted by molar-refractivity contribution is -0.123. The van der Waals surface area contributed by atoms with Gasteiger partial charge in [0.1, 0.15) is 11.5 Å². The zero-order valence-corrected chi connectivity index (χ0v) is 18.6. The quantitative estimate of drug-likeness (QED) is 0.549. The number of hydrogen-bond donors (Lipinski definition) is 2. The van der Waals surface area contributed by atoms with E-state index in [1.807, 2.05) is 19.1 Å². The normalized spacial score (nSPS) is 10.2. The highest BCUT2D eigenvalue weighted by molar-refractivity contribution is 9.11. The Balaban J connectivity index is 1.89. The molecule has 0 spiro atoms. The van der Waals surface area contributed by atoms with Crippen LogP contribution in [0.5, 0.6) is 11.5 Å². The van der Waals surface area contributed by atoms with Crippen molar-refractivity contribution in [2.75, 3.05) is 13.7 Å². The van der Waals surface area contributed by atoms with Crippen LogP contribution < -0.4 is 20.3 Å². The van der Waals surface area contributed by atoms with Gasteiger partial charge in [-0.3, -0.25) is 20.4 Å². The van der Waals surface area contributed by atoms with E-state index >= 15 is 0 Å². The summed E-state index contributed by atoms with van der Waals surface area (Å²) < 4.78 is 12.9. The molecule has 2 rings (SSSR count). The van der Waals surface area contributed by atoms with E-state index in [0.29, 0.717) is 21.5 Å². The topological polar surface area (TPSA) is 76.7 Å². The molecule has 0 unspecified atom stereocenters. The average Bonchev–Trinajstić information content (AvgIpc) is 2.58. The Hall–Kier alpha value is -1.58. The van der Waals surface area contributed by atoms with E-state index in [-0.39, 0.29) is 6.61 Å². The number of aryl methyl sites for hydroxylation is 1. The van der Waals surface area contributed by atoms with Gasteiger partial charge < -0.3 is 9.47 Å². The van der Waals surface area contributed by atoms with Crippen LogP contribution in [0.1, 0.15) is 15.9 Å². The molecule has 0 aliphatic carbocycles. The number of halogens is 3. The number of rotatable bonds is 5. The molecule has 9 heteroatoms. The highest BCUT2D eigenvalue weighted by Crippen LogP contribution is 2.32. The van der Waals surface area contributed by atoms with Crippen LogP contribution in [-0.2, 0) is 4.79 Å². The summed E-state index contributed by atoms with van der Waals surface area (Å²) in [5.41, 5.74) is 5.89. The lowest BCUT2D eigenvalue weighted by Gasteiger charge is -2.12. The predicted molar refractivity (Wildman–Crippen MR) is 108 cm³/mol. The summed E-state index contributed by atoms with van der Waals surface area (Å²) in [6.45, 7) is 1.62. The maximum absolute atomic E-state index is 12.1. The molecule has 0 radical (unpaired) electrons. The fourth-order valence-electron chi connectivity index (χ4n) is 2.05. The van der Waals surface area contributed by atoms with Gasteiger partial charge in [-0.05, 0) is 74.7 Å². The molecule has 26 heavy (non-hydrogen) atoms. The van der Waals surface area contributed by atoms with Crippen molar-refractivity contribution in [2.24, 2.45) is 0 Å². The summed E-state index contributed by atoms with van der Waals surface area (Å²) >= 11 is 10.1. The van der Waals surface area contributed by atoms with Crippen molar-refractivity contribution >= 4 is 59.6 Å². The zero-order chi connectivity index (χ0) is 19.3. The third-order valence-electron chi connectivity index (χ3n) is 3.27. The van der Waals surface area contributed by atoms with Gasteiger partial charge in [0, 0.05) is 10.0 Å². The van der Waals surface area contributed by atoms with Crippen molar-refractivity contribution in [2.45, 2.75) is 6.92 Å². The number of carbonyl (C=O) groups excluding carboxylic acids is 2. The first-order chi connectivity index (χ1) is 12.3. The first-order valence-electron chi connectivity index (χ1n) is 7.33. The lowest BCUT2D eigenvalue weighted by atomic mass is 10.2. The Bertz CT molecular complexity index is 820. The van der Waals surface area contributed by atoms with Crippen LogP contribution in [0.25, 0.3) is 0 Å². The van der Waals surface area contributed by atoms with Gasteiger partial charge in [0.15, 0.2) is 6.61 Å². The fourth-order valence-corrected chi connectivity index (χ4v) is 4.15. The molecule has 138 valence electrons. The number of hydrogen-bond acceptors (Lipinski definition) is 4. The Kier molecular flexibility index (Phi) is 7.48. The van der Waals surface area contributed by atoms with Gasteiger partial charge >= 0.3 is 0 Å². The van der Waals surface area contributed by atoms with Gasteiger partial charge in [-0.1, -0.05) is 15.9 Å². The Morgan fingerprint density at radius 2 is 1.77 bits per heavy atom. The second kappa shape index (κ2) is 9.38. The first kappa shape index (κ1) is 20.7. The van der Waals surface area contributed by atoms with E-state index < -0.39 is 11.8 Å². The van der Waals surface area contributed by atoms with Crippen molar-refractivity contribution in [1.82, 2.24) is 10.9 Å². The molecule has 0 heterocycles. The number of hydrazine groups is 1. The number of nitrogens with one attached hydrogen (secondary N) is 2. The van der Waals surface area contributed by atoms with Crippen molar-refractivity contribution < 1.29 is 19.1 Å². The molecule has 0 aliphatic rings. The van der Waals surface area contributed by atoms with Crippen molar-refractivity contribution in [3.05, 3.63) is 54.9 Å². The third kappa shape index (κ3) is 5.46. The molecule has 2 aromatic rings. The van der Waals surface area contributed by atoms with E-state index in [1.165, 1.54) is 7.11 Å². The van der Waals surface area contributed by atoms with Crippen LogP contribution in [0.3, 0.4) is 0 Å². The number of benzene rings is 2. The molecular formula is C17H15Br3N2O4. The highest BCUT2D eigenvalue weighted by Gasteiger charge is 2.12. The van der Waals surface area contributed by atoms with Crippen LogP contribution >= 0.6 is 47.8 Å². The Labute approximate surface area is 176 Å². The third-order valence-corrected chi connectivity index (χ3v) is 4.94. The van der Waals surface area contributed by atoms with Crippen molar-refractivity contribution in [1.29, 1.82) is 0 Å². The van der Waals surface area contributed by atoms with Gasteiger partial charge in [0.05, 0.1) is 16.1 Å². The number of amides is 2. The average molecular weight is 551 g/mol. The van der Waals surface area contributed by atoms with Crippen molar-refractivity contribution in [3.63, 3.8) is 0 Å². The second-order valence-electron chi connectivity index (χ2n) is 5.17. The number of ether oxygens (including phenoxy) is 2. The summed E-state index contributed by atoms with van der Waals surface area (Å²) in [5.74, 6) is 0.228. The highest BCUT2D eigenvalue weighted by atomic mass is 79.9. The summed E-state index contributed by atoms with van der Waals surface area (Å²) in [5, 5.41) is 0. The van der Waals surface area contributed by atoms with Gasteiger partial charge in [-0.25, -0.2) is 0 Å². The SMILES string of the molecule is COc1ccc(C(=O)NNC(=O)COc2c(C)cc(Br)cc2Br)cc1Br. The van der Waals surface area contributed by atoms with Crippen LogP contribution in [0.4, 0.5) is 0 Å². The zero-order valence-electron chi connectivity index (χ0n) is 13.9. The molecule has 0 aromatic heterocycles. The molecule has 0 atom stereocenters. The first-order valence-corrected chi connectivity index (χ1v) is 9.71. The minimum absolute atomic E-state index is 0.242. The van der Waals surface area contributed by atoms with E-state index in [1.54, 1.807) is 18.2 Å². The minimum Gasteiger partial charge on any atom is -0.496 e. The van der Waals surface area contributed by atoms with E-state index in [4.69, 9.17) is 9.47 Å². The molecule has 0 bridgehead atoms. The predicted octanol–water partition coefficient (Wildman–Crippen LogP) is 4.13. The summed E-state index contributed by atoms with van der Waals surface area (Å²) in [6.07, 6.45) is 0. The van der Waals surface area contributed by atoms with Crippen LogP contribution in [-0.4, -0.2) is 25.5 Å². The number of carbonyl (C=O) groups is 2. The molecule has 0 saturated carbocycles. The van der Waals surface area contributed by atoms with E-state index in [2.05, 4.69) is 58.6 Å². The number of methoxy groups -OCH3 is 1. The summed E-state index contributed by atoms with van der Waals surface area (Å²) in [4.78, 5) is 24.0. The van der Waals surface area contributed by atoms with Gasteiger partial charge in [0.2, 0.25) is 0 Å². The molecule has 6 nitrogen and oxygen atoms in total. The van der Waals surface area contributed by atoms with E-state index in [0.717, 1.165) is 14.5 Å². The Morgan fingerprint density at radius 3 is 2.38 bits per heavy atom. The van der Waals surface area contributed by atoms with Crippen molar-refractivity contribution in [3.8, 4) is 11.5 Å². The van der Waals surface area contributed by atoms with Crippen LogP contribution in [0.2, 0.25) is 0 Å². The standard InChI is InChI=1S/C17H15Br3N2O4/c1-9-5-11(18)7-13(20)16(9)26-8-15(23)21-22-17(24)10-3-4-14(25-2)12(19)6-10/h3-7H,8H2,1-2H3,(H,21,23)(H,22,24). The maximum Gasteiger partial charge on any atom is 0.276 e. The smallest absolute Gasteiger partial charge is 0.276 e. The monoisotopic (exact) mass is 548 g/mol. The molecule has 0 fully saturated rings. The molecule has 0 saturated heterocycles. The van der Waals surface area contributed by atoms with Gasteiger partial charge in [-0.15, -0.1) is 0 Å². The largest absolute Gasteiger partial charge is 0.496 e. The Morgan fingerprint density at radius 1 is 1.04 bits per heavy atom. The summed E-state index contributed by atoms with van der Waals surface area (Å²) in [7, 11) is 1.53. The second-order valence-corrected chi connectivity index (χ2v) is 7.80. The maximum atomic E-state index is 12.1. The van der Waals surface area contributed by atoms with E-state index in [9.17, 15) is 9.59 Å². The lowest BCUT2D eigenvalue weighted by Crippen LogP contribution is -2.43. The van der Waals surface area contributed by atoms with Crippen LogP contribution in [0.15, 0.2) is 43.7 Å². The fraction of sp³-hybridized carbons (Fsp3) is 0.176. The molecule has 2 aromatic carbocycles. The molecule has 2 amide bonds. The van der Waals surface area contributed by atoms with Gasteiger partial charge in [0.25, 0.3) is 11.8 Å². The van der Waals surface area contributed by atoms with Gasteiger partial charge in [-0.2, -0.15) is 0 Å². The molecular weight excluding hydrogens is 536 g/mol. The molecule has 0 aliphatic heterocycles.